The first-order valence-corrected chi connectivity index (χ1v) is 9.59. The minimum Gasteiger partial charge on any atom is -0.508 e. The molecule has 0 radical (unpaired) electrons. The molecule has 2 aromatic carbocycles. The van der Waals surface area contributed by atoms with E-state index in [9.17, 15) is 19.8 Å². The van der Waals surface area contributed by atoms with Gasteiger partial charge >= 0.3 is 11.9 Å². The zero-order chi connectivity index (χ0) is 21.3. The van der Waals surface area contributed by atoms with Crippen LogP contribution < -0.4 is 0 Å². The van der Waals surface area contributed by atoms with E-state index in [1.807, 2.05) is 24.5 Å². The fourth-order valence-corrected chi connectivity index (χ4v) is 4.01. The van der Waals surface area contributed by atoms with Gasteiger partial charge in [-0.15, -0.1) is 0 Å². The van der Waals surface area contributed by atoms with Crippen LogP contribution in [0.2, 0.25) is 0 Å². The summed E-state index contributed by atoms with van der Waals surface area (Å²) in [6.07, 6.45) is 0. The average molecular weight is 395 g/mol. The maximum atomic E-state index is 12.8. The summed E-state index contributed by atoms with van der Waals surface area (Å²) >= 11 is 0. The smallest absolute Gasteiger partial charge is 0.340 e. The van der Waals surface area contributed by atoms with Crippen LogP contribution in [0.5, 0.6) is 5.75 Å². The molecule has 2 N–H and O–H groups in total. The van der Waals surface area contributed by atoms with Crippen LogP contribution in [0.15, 0.2) is 42.5 Å². The number of carbonyl (C=O) groups is 2. The van der Waals surface area contributed by atoms with Crippen LogP contribution in [0.3, 0.4) is 0 Å². The molecule has 0 amide bonds. The molecule has 152 valence electrons. The summed E-state index contributed by atoms with van der Waals surface area (Å²) in [7, 11) is 0. The number of nitrogens with zero attached hydrogens (tertiary/aromatic N) is 1. The van der Waals surface area contributed by atoms with Gasteiger partial charge in [0.1, 0.15) is 11.2 Å². The van der Waals surface area contributed by atoms with Gasteiger partial charge in [0.05, 0.1) is 12.2 Å². The highest BCUT2D eigenvalue weighted by Crippen LogP contribution is 2.41. The monoisotopic (exact) mass is 395 g/mol. The molecule has 1 unspecified atom stereocenters. The molecule has 0 bridgehead atoms. The molecule has 1 aromatic heterocycles. The van der Waals surface area contributed by atoms with Crippen molar-refractivity contribution in [3.63, 3.8) is 0 Å². The molecule has 29 heavy (non-hydrogen) atoms. The lowest BCUT2D eigenvalue weighted by molar-refractivity contribution is -0.141. The third-order valence-corrected chi connectivity index (χ3v) is 5.54. The lowest BCUT2D eigenvalue weighted by Gasteiger charge is -2.27. The first-order valence-electron chi connectivity index (χ1n) is 9.59. The number of carboxylic acid groups (broad SMARTS) is 1. The number of aryl methyl sites for hydroxylation is 1. The van der Waals surface area contributed by atoms with Crippen molar-refractivity contribution in [2.24, 2.45) is 0 Å². The van der Waals surface area contributed by atoms with Crippen LogP contribution in [-0.4, -0.2) is 33.3 Å². The van der Waals surface area contributed by atoms with Gasteiger partial charge in [0.15, 0.2) is 0 Å². The Bertz CT molecular complexity index is 1100. The number of hydrogen-bond acceptors (Lipinski definition) is 4. The molecule has 0 aliphatic rings. The number of fused-ring (bicyclic) bond motifs is 1. The maximum Gasteiger partial charge on any atom is 0.340 e. The van der Waals surface area contributed by atoms with Crippen LogP contribution in [0.25, 0.3) is 10.9 Å². The van der Waals surface area contributed by atoms with Gasteiger partial charge in [-0.3, -0.25) is 4.79 Å². The van der Waals surface area contributed by atoms with Crippen molar-refractivity contribution in [1.29, 1.82) is 0 Å². The van der Waals surface area contributed by atoms with E-state index in [1.54, 1.807) is 38.1 Å². The van der Waals surface area contributed by atoms with Gasteiger partial charge in [0.25, 0.3) is 0 Å². The van der Waals surface area contributed by atoms with E-state index in [0.29, 0.717) is 28.6 Å². The van der Waals surface area contributed by atoms with Gasteiger partial charge in [-0.1, -0.05) is 24.3 Å². The fraction of sp³-hybridized carbons (Fsp3) is 0.304. The van der Waals surface area contributed by atoms with E-state index < -0.39 is 17.4 Å². The van der Waals surface area contributed by atoms with Crippen LogP contribution in [0, 0.1) is 6.92 Å². The second-order valence-corrected chi connectivity index (χ2v) is 7.11. The van der Waals surface area contributed by atoms with E-state index in [4.69, 9.17) is 4.74 Å². The number of phenolic OH excluding ortho intramolecular Hbond substituents is 1. The van der Waals surface area contributed by atoms with Crippen molar-refractivity contribution < 1.29 is 24.5 Å². The lowest BCUT2D eigenvalue weighted by atomic mass is 9.74. The number of ether oxygens (including phenoxy) is 1. The Morgan fingerprint density at radius 2 is 1.83 bits per heavy atom. The standard InChI is InChI=1S/C23H25NO5/c1-5-24-14(3)19(21(26)29-6-2)20-17(11-8-12-18(20)24)23(4,22(27)28)15-9-7-10-16(25)13-15/h7-13,25H,5-6H2,1-4H3,(H,27,28). The molecule has 0 fully saturated rings. The molecule has 6 heteroatoms. The van der Waals surface area contributed by atoms with Crippen molar-refractivity contribution in [3.8, 4) is 5.75 Å². The Kier molecular flexibility index (Phi) is 5.38. The number of aromatic hydroxyl groups is 1. The minimum absolute atomic E-state index is 0.0184. The highest BCUT2D eigenvalue weighted by molar-refractivity contribution is 6.09. The molecule has 0 saturated carbocycles. The molecule has 1 heterocycles. The molecule has 0 saturated heterocycles. The topological polar surface area (TPSA) is 88.8 Å². The third kappa shape index (κ3) is 3.14. The maximum absolute atomic E-state index is 12.8. The lowest BCUT2D eigenvalue weighted by Crippen LogP contribution is -2.34. The third-order valence-electron chi connectivity index (χ3n) is 5.54. The predicted molar refractivity (Wildman–Crippen MR) is 111 cm³/mol. The Hall–Kier alpha value is -3.28. The fourth-order valence-electron chi connectivity index (χ4n) is 4.01. The largest absolute Gasteiger partial charge is 0.508 e. The molecule has 0 spiro atoms. The van der Waals surface area contributed by atoms with Gasteiger partial charge in [-0.05, 0) is 57.0 Å². The van der Waals surface area contributed by atoms with Gasteiger partial charge in [-0.25, -0.2) is 4.79 Å². The summed E-state index contributed by atoms with van der Waals surface area (Å²) in [6, 6.07) is 11.6. The molecule has 6 nitrogen and oxygen atoms in total. The summed E-state index contributed by atoms with van der Waals surface area (Å²) in [4.78, 5) is 25.4. The summed E-state index contributed by atoms with van der Waals surface area (Å²) < 4.78 is 7.27. The molecule has 3 aromatic rings. The van der Waals surface area contributed by atoms with Crippen LogP contribution >= 0.6 is 0 Å². The number of phenols is 1. The number of carbonyl (C=O) groups excluding carboxylic acids is 1. The number of aliphatic carboxylic acids is 1. The Balaban J connectivity index is 2.45. The van der Waals surface area contributed by atoms with E-state index >= 15 is 0 Å². The van der Waals surface area contributed by atoms with E-state index in [-0.39, 0.29) is 12.4 Å². The number of esters is 1. The number of hydrogen-bond donors (Lipinski definition) is 2. The highest BCUT2D eigenvalue weighted by Gasteiger charge is 2.40. The van der Waals surface area contributed by atoms with Gasteiger partial charge in [-0.2, -0.15) is 0 Å². The Labute approximate surface area is 169 Å². The van der Waals surface area contributed by atoms with Crippen LogP contribution in [0.1, 0.15) is 48.0 Å². The average Bonchev–Trinajstić information content (AvgIpc) is 2.98. The second-order valence-electron chi connectivity index (χ2n) is 7.11. The van der Waals surface area contributed by atoms with Crippen molar-refractivity contribution in [2.45, 2.75) is 39.7 Å². The second kappa shape index (κ2) is 7.62. The summed E-state index contributed by atoms with van der Waals surface area (Å²) in [5.41, 5.74) is 1.31. The van der Waals surface area contributed by atoms with Crippen LogP contribution in [-0.2, 0) is 21.5 Å². The van der Waals surface area contributed by atoms with E-state index in [0.717, 1.165) is 11.2 Å². The minimum atomic E-state index is -1.48. The summed E-state index contributed by atoms with van der Waals surface area (Å²) in [6.45, 7) is 7.99. The van der Waals surface area contributed by atoms with Crippen molar-refractivity contribution >= 4 is 22.8 Å². The molecule has 0 aliphatic carbocycles. The molecule has 0 aliphatic heterocycles. The highest BCUT2D eigenvalue weighted by atomic mass is 16.5. The van der Waals surface area contributed by atoms with E-state index in [1.165, 1.54) is 12.1 Å². The predicted octanol–water partition coefficient (Wildman–Crippen LogP) is 4.24. The van der Waals surface area contributed by atoms with E-state index in [2.05, 4.69) is 0 Å². The zero-order valence-corrected chi connectivity index (χ0v) is 17.0. The number of carboxylic acids is 1. The van der Waals surface area contributed by atoms with Gasteiger partial charge in [0, 0.05) is 23.1 Å². The SMILES string of the molecule is CCOC(=O)c1c(C)n(CC)c2cccc(C(C)(C(=O)O)c3cccc(O)c3)c12. The Morgan fingerprint density at radius 3 is 2.41 bits per heavy atom. The normalized spacial score (nSPS) is 13.2. The first-order chi connectivity index (χ1) is 13.8. The van der Waals surface area contributed by atoms with Crippen molar-refractivity contribution in [2.75, 3.05) is 6.61 Å². The van der Waals surface area contributed by atoms with Crippen molar-refractivity contribution in [1.82, 2.24) is 4.57 Å². The molecule has 1 atom stereocenters. The Morgan fingerprint density at radius 1 is 1.14 bits per heavy atom. The molecular formula is C23H25NO5. The quantitative estimate of drug-likeness (QED) is 0.610. The molecule has 3 rings (SSSR count). The number of rotatable bonds is 6. The first kappa shape index (κ1) is 20.5. The number of benzene rings is 2. The van der Waals surface area contributed by atoms with Crippen LogP contribution in [0.4, 0.5) is 0 Å². The zero-order valence-electron chi connectivity index (χ0n) is 17.0. The van der Waals surface area contributed by atoms with Crippen molar-refractivity contribution in [3.05, 3.63) is 64.8 Å². The number of aromatic nitrogens is 1. The summed E-state index contributed by atoms with van der Waals surface area (Å²) in [5, 5.41) is 20.8. The van der Waals surface area contributed by atoms with Gasteiger partial charge < -0.3 is 19.5 Å². The van der Waals surface area contributed by atoms with Gasteiger partial charge in [0.2, 0.25) is 0 Å². The molecular weight excluding hydrogens is 370 g/mol. The summed E-state index contributed by atoms with van der Waals surface area (Å²) in [5.74, 6) is -1.57.